The van der Waals surface area contributed by atoms with E-state index in [1.807, 2.05) is 43.3 Å². The molecule has 0 aliphatic carbocycles. The van der Waals surface area contributed by atoms with E-state index < -0.39 is 6.10 Å². The topological polar surface area (TPSA) is 38.3 Å². The fraction of sp³-hybridized carbons (Fsp3) is 0.350. The van der Waals surface area contributed by atoms with E-state index in [0.717, 1.165) is 29.7 Å². The van der Waals surface area contributed by atoms with Gasteiger partial charge in [-0.25, -0.2) is 0 Å². The molecule has 0 aromatic heterocycles. The van der Waals surface area contributed by atoms with Gasteiger partial charge in [0, 0.05) is 5.69 Å². The molecule has 3 nitrogen and oxygen atoms in total. The molecule has 0 radical (unpaired) electrons. The summed E-state index contributed by atoms with van der Waals surface area (Å²) >= 11 is 0. The van der Waals surface area contributed by atoms with E-state index in [1.165, 1.54) is 0 Å². The third-order valence-electron chi connectivity index (χ3n) is 3.93. The maximum absolute atomic E-state index is 12.6. The van der Waals surface area contributed by atoms with Crippen molar-refractivity contribution >= 4 is 11.6 Å². The maximum Gasteiger partial charge on any atom is 0.265 e. The third kappa shape index (κ3) is 4.35. The monoisotopic (exact) mass is 311 g/mol. The van der Waals surface area contributed by atoms with E-state index in [2.05, 4.69) is 31.3 Å². The van der Waals surface area contributed by atoms with Gasteiger partial charge in [0.05, 0.1) is 0 Å². The predicted octanol–water partition coefficient (Wildman–Crippen LogP) is 4.61. The number of para-hydroxylation sites is 2. The Hall–Kier alpha value is -2.29. The van der Waals surface area contributed by atoms with Crippen molar-refractivity contribution in [3.8, 4) is 5.75 Å². The van der Waals surface area contributed by atoms with Crippen molar-refractivity contribution in [2.75, 3.05) is 5.32 Å². The summed E-state index contributed by atoms with van der Waals surface area (Å²) in [6, 6.07) is 15.6. The number of carbonyl (C=O) groups excluding carboxylic acids is 1. The first-order chi connectivity index (χ1) is 11.2. The first-order valence-electron chi connectivity index (χ1n) is 8.32. The Labute approximate surface area is 138 Å². The van der Waals surface area contributed by atoms with Crippen molar-refractivity contribution in [3.63, 3.8) is 0 Å². The molecule has 0 bridgehead atoms. The highest BCUT2D eigenvalue weighted by Gasteiger charge is 2.20. The fourth-order valence-electron chi connectivity index (χ4n) is 2.59. The Bertz CT molecular complexity index is 615. The summed E-state index contributed by atoms with van der Waals surface area (Å²) in [5.41, 5.74) is 3.26. The fourth-order valence-corrected chi connectivity index (χ4v) is 2.59. The van der Waals surface area contributed by atoms with Crippen molar-refractivity contribution < 1.29 is 9.53 Å². The second kappa shape index (κ2) is 8.37. The van der Waals surface area contributed by atoms with Crippen molar-refractivity contribution in [2.45, 2.75) is 46.1 Å². The number of anilines is 1. The van der Waals surface area contributed by atoms with Crippen LogP contribution < -0.4 is 10.1 Å². The highest BCUT2D eigenvalue weighted by molar-refractivity contribution is 5.95. The van der Waals surface area contributed by atoms with Gasteiger partial charge in [-0.2, -0.15) is 0 Å². The van der Waals surface area contributed by atoms with Gasteiger partial charge in [0.1, 0.15) is 5.75 Å². The molecule has 2 rings (SSSR count). The smallest absolute Gasteiger partial charge is 0.265 e. The molecule has 1 atom stereocenters. The second-order valence-corrected chi connectivity index (χ2v) is 5.48. The van der Waals surface area contributed by atoms with Crippen LogP contribution in [-0.4, -0.2) is 12.0 Å². The zero-order valence-electron chi connectivity index (χ0n) is 14.1. The Kier molecular flexibility index (Phi) is 6.21. The molecule has 2 aromatic rings. The third-order valence-corrected chi connectivity index (χ3v) is 3.93. The summed E-state index contributed by atoms with van der Waals surface area (Å²) in [4.78, 5) is 12.6. The molecule has 0 aliphatic rings. The average molecular weight is 311 g/mol. The summed E-state index contributed by atoms with van der Waals surface area (Å²) in [5, 5.41) is 3.09. The molecule has 3 heteroatoms. The lowest BCUT2D eigenvalue weighted by Crippen LogP contribution is -2.33. The van der Waals surface area contributed by atoms with E-state index in [-0.39, 0.29) is 5.91 Å². The Balaban J connectivity index is 2.17. The normalized spacial score (nSPS) is 11.8. The van der Waals surface area contributed by atoms with Crippen LogP contribution in [0.25, 0.3) is 0 Å². The van der Waals surface area contributed by atoms with Gasteiger partial charge in [-0.3, -0.25) is 4.79 Å². The molecule has 2 aromatic carbocycles. The molecule has 1 amide bonds. The minimum atomic E-state index is -0.494. The lowest BCUT2D eigenvalue weighted by molar-refractivity contribution is -0.122. The number of ether oxygens (including phenoxy) is 1. The summed E-state index contributed by atoms with van der Waals surface area (Å²) in [6.07, 6.45) is 1.91. The first-order valence-corrected chi connectivity index (χ1v) is 8.32. The van der Waals surface area contributed by atoms with Crippen molar-refractivity contribution in [2.24, 2.45) is 0 Å². The van der Waals surface area contributed by atoms with E-state index in [1.54, 1.807) is 0 Å². The molecule has 0 saturated heterocycles. The molecular weight excluding hydrogens is 286 g/mol. The molecule has 0 saturated carbocycles. The van der Waals surface area contributed by atoms with Crippen LogP contribution >= 0.6 is 0 Å². The molecule has 0 fully saturated rings. The number of benzene rings is 2. The van der Waals surface area contributed by atoms with Crippen LogP contribution in [0.3, 0.4) is 0 Å². The SMILES string of the molecule is CCc1cccc(CC)c1NC(=O)[C@@H](CC)Oc1ccccc1. The average Bonchev–Trinajstić information content (AvgIpc) is 2.60. The quantitative estimate of drug-likeness (QED) is 0.811. The minimum absolute atomic E-state index is 0.0908. The number of hydrogen-bond acceptors (Lipinski definition) is 2. The standard InChI is InChI=1S/C20H25NO2/c1-4-15-11-10-12-16(5-2)19(15)21-20(22)18(6-3)23-17-13-8-7-9-14-17/h7-14,18H,4-6H2,1-3H3,(H,21,22)/t18-/m1/s1. The van der Waals surface area contributed by atoms with E-state index in [4.69, 9.17) is 4.74 Å². The van der Waals surface area contributed by atoms with Crippen molar-refractivity contribution in [1.82, 2.24) is 0 Å². The van der Waals surface area contributed by atoms with Crippen LogP contribution in [0.1, 0.15) is 38.3 Å². The predicted molar refractivity (Wildman–Crippen MR) is 95.0 cm³/mol. The molecular formula is C20H25NO2. The summed E-state index contributed by atoms with van der Waals surface area (Å²) in [7, 11) is 0. The molecule has 23 heavy (non-hydrogen) atoms. The second-order valence-electron chi connectivity index (χ2n) is 5.48. The Morgan fingerprint density at radius 3 is 2.09 bits per heavy atom. The van der Waals surface area contributed by atoms with Gasteiger partial charge >= 0.3 is 0 Å². The first kappa shape index (κ1) is 17.1. The van der Waals surface area contributed by atoms with Gasteiger partial charge in [0.2, 0.25) is 0 Å². The number of aryl methyl sites for hydroxylation is 2. The van der Waals surface area contributed by atoms with Crippen LogP contribution in [0.15, 0.2) is 48.5 Å². The van der Waals surface area contributed by atoms with E-state index in [0.29, 0.717) is 12.2 Å². The van der Waals surface area contributed by atoms with Crippen LogP contribution in [0.2, 0.25) is 0 Å². The lowest BCUT2D eigenvalue weighted by atomic mass is 10.0. The van der Waals surface area contributed by atoms with Gasteiger partial charge in [0.15, 0.2) is 6.10 Å². The van der Waals surface area contributed by atoms with Gasteiger partial charge < -0.3 is 10.1 Å². The summed E-state index contributed by atoms with van der Waals surface area (Å²) < 4.78 is 5.83. The van der Waals surface area contributed by atoms with Crippen LogP contribution in [0.5, 0.6) is 5.75 Å². The molecule has 0 unspecified atom stereocenters. The zero-order valence-corrected chi connectivity index (χ0v) is 14.1. The van der Waals surface area contributed by atoms with E-state index in [9.17, 15) is 4.79 Å². The lowest BCUT2D eigenvalue weighted by Gasteiger charge is -2.20. The molecule has 1 N–H and O–H groups in total. The number of rotatable bonds is 7. The minimum Gasteiger partial charge on any atom is -0.481 e. The Morgan fingerprint density at radius 2 is 1.57 bits per heavy atom. The van der Waals surface area contributed by atoms with Crippen LogP contribution in [0.4, 0.5) is 5.69 Å². The number of hydrogen-bond donors (Lipinski definition) is 1. The van der Waals surface area contributed by atoms with Gasteiger partial charge in [-0.05, 0) is 42.5 Å². The van der Waals surface area contributed by atoms with Crippen molar-refractivity contribution in [1.29, 1.82) is 0 Å². The van der Waals surface area contributed by atoms with Gasteiger partial charge in [0.25, 0.3) is 5.91 Å². The highest BCUT2D eigenvalue weighted by Crippen LogP contribution is 2.23. The highest BCUT2D eigenvalue weighted by atomic mass is 16.5. The summed E-state index contributed by atoms with van der Waals surface area (Å²) in [6.45, 7) is 6.16. The number of carbonyl (C=O) groups is 1. The van der Waals surface area contributed by atoms with Crippen LogP contribution in [0, 0.1) is 0 Å². The molecule has 122 valence electrons. The largest absolute Gasteiger partial charge is 0.481 e. The van der Waals surface area contributed by atoms with Gasteiger partial charge in [-0.15, -0.1) is 0 Å². The van der Waals surface area contributed by atoms with Crippen molar-refractivity contribution in [3.05, 3.63) is 59.7 Å². The zero-order chi connectivity index (χ0) is 16.7. The number of amides is 1. The van der Waals surface area contributed by atoms with E-state index >= 15 is 0 Å². The number of nitrogens with one attached hydrogen (secondary N) is 1. The molecule has 0 aliphatic heterocycles. The van der Waals surface area contributed by atoms with Crippen LogP contribution in [-0.2, 0) is 17.6 Å². The summed E-state index contributed by atoms with van der Waals surface area (Å²) in [5.74, 6) is 0.626. The van der Waals surface area contributed by atoms with Gasteiger partial charge in [-0.1, -0.05) is 57.2 Å². The maximum atomic E-state index is 12.6. The molecule has 0 heterocycles. The Morgan fingerprint density at radius 1 is 0.957 bits per heavy atom. The molecule has 0 spiro atoms.